The molecule has 1 rings (SSSR count). The van der Waals surface area contributed by atoms with Gasteiger partial charge in [0.05, 0.1) is 6.61 Å². The van der Waals surface area contributed by atoms with Gasteiger partial charge in [0.15, 0.2) is 11.6 Å². The number of carbonyl (C=O) groups is 1. The van der Waals surface area contributed by atoms with E-state index < -0.39 is 24.1 Å². The van der Waals surface area contributed by atoms with Crippen LogP contribution in [-0.4, -0.2) is 19.2 Å². The Morgan fingerprint density at radius 2 is 2.11 bits per heavy atom. The van der Waals surface area contributed by atoms with Crippen LogP contribution in [0.2, 0.25) is 0 Å². The Balaban J connectivity index is 2.64. The standard InChI is InChI=1S/C12H13F3O3/c1-2-17-11(16)6-4-8-3-5-9(13)10(7-8)18-12(14)15/h3,5,7,12H,2,4,6H2,1H3. The summed E-state index contributed by atoms with van der Waals surface area (Å²) in [5.41, 5.74) is 0.528. The Bertz CT molecular complexity index is 408. The second-order valence-corrected chi connectivity index (χ2v) is 3.45. The van der Waals surface area contributed by atoms with Crippen LogP contribution >= 0.6 is 0 Å². The van der Waals surface area contributed by atoms with Gasteiger partial charge >= 0.3 is 12.6 Å². The fourth-order valence-corrected chi connectivity index (χ4v) is 1.37. The van der Waals surface area contributed by atoms with E-state index in [9.17, 15) is 18.0 Å². The van der Waals surface area contributed by atoms with E-state index in [1.807, 2.05) is 0 Å². The Morgan fingerprint density at radius 1 is 1.39 bits per heavy atom. The normalized spacial score (nSPS) is 10.5. The van der Waals surface area contributed by atoms with Crippen molar-refractivity contribution in [2.45, 2.75) is 26.4 Å². The fourth-order valence-electron chi connectivity index (χ4n) is 1.37. The minimum atomic E-state index is -3.08. The second kappa shape index (κ2) is 6.88. The predicted molar refractivity (Wildman–Crippen MR) is 58.0 cm³/mol. The van der Waals surface area contributed by atoms with Crippen LogP contribution in [0.3, 0.4) is 0 Å². The minimum absolute atomic E-state index is 0.105. The highest BCUT2D eigenvalue weighted by Gasteiger charge is 2.11. The zero-order valence-electron chi connectivity index (χ0n) is 9.79. The highest BCUT2D eigenvalue weighted by molar-refractivity contribution is 5.69. The van der Waals surface area contributed by atoms with Crippen LogP contribution in [0.15, 0.2) is 18.2 Å². The molecule has 0 aliphatic rings. The van der Waals surface area contributed by atoms with E-state index in [0.29, 0.717) is 5.56 Å². The lowest BCUT2D eigenvalue weighted by Gasteiger charge is -2.08. The first-order valence-corrected chi connectivity index (χ1v) is 5.41. The van der Waals surface area contributed by atoms with Crippen LogP contribution in [0.5, 0.6) is 5.75 Å². The molecule has 0 amide bonds. The van der Waals surface area contributed by atoms with Gasteiger partial charge in [-0.25, -0.2) is 4.39 Å². The molecule has 0 heterocycles. The van der Waals surface area contributed by atoms with E-state index in [1.54, 1.807) is 6.92 Å². The molecule has 6 heteroatoms. The quantitative estimate of drug-likeness (QED) is 0.739. The summed E-state index contributed by atoms with van der Waals surface area (Å²) < 4.78 is 45.8. The van der Waals surface area contributed by atoms with Crippen molar-refractivity contribution in [1.29, 1.82) is 0 Å². The van der Waals surface area contributed by atoms with Crippen LogP contribution in [0.4, 0.5) is 13.2 Å². The molecule has 1 aromatic carbocycles. The zero-order valence-corrected chi connectivity index (χ0v) is 9.79. The van der Waals surface area contributed by atoms with E-state index in [0.717, 1.165) is 12.1 Å². The number of esters is 1. The Morgan fingerprint density at radius 3 is 2.72 bits per heavy atom. The van der Waals surface area contributed by atoms with Gasteiger partial charge in [0.2, 0.25) is 0 Å². The molecule has 0 aliphatic carbocycles. The summed E-state index contributed by atoms with van der Waals surface area (Å²) in [6, 6.07) is 3.59. The van der Waals surface area contributed by atoms with Gasteiger partial charge < -0.3 is 9.47 Å². The lowest BCUT2D eigenvalue weighted by Crippen LogP contribution is -2.06. The third-order valence-corrected chi connectivity index (χ3v) is 2.13. The van der Waals surface area contributed by atoms with Crippen molar-refractivity contribution in [1.82, 2.24) is 0 Å². The molecule has 0 saturated heterocycles. The lowest BCUT2D eigenvalue weighted by molar-refractivity contribution is -0.143. The van der Waals surface area contributed by atoms with Crippen molar-refractivity contribution in [3.63, 3.8) is 0 Å². The number of aryl methyl sites for hydroxylation is 1. The van der Waals surface area contributed by atoms with Gasteiger partial charge in [-0.15, -0.1) is 0 Å². The van der Waals surface area contributed by atoms with Gasteiger partial charge in [-0.3, -0.25) is 4.79 Å². The van der Waals surface area contributed by atoms with Crippen molar-refractivity contribution in [3.8, 4) is 5.75 Å². The number of carbonyl (C=O) groups excluding carboxylic acids is 1. The van der Waals surface area contributed by atoms with Gasteiger partial charge in [0.1, 0.15) is 0 Å². The topological polar surface area (TPSA) is 35.5 Å². The maximum Gasteiger partial charge on any atom is 0.387 e. The summed E-state index contributed by atoms with van der Waals surface area (Å²) in [6.07, 6.45) is 0.381. The minimum Gasteiger partial charge on any atom is -0.466 e. The van der Waals surface area contributed by atoms with Gasteiger partial charge in [-0.1, -0.05) is 6.07 Å². The molecular weight excluding hydrogens is 249 g/mol. The van der Waals surface area contributed by atoms with Gasteiger partial charge in [0, 0.05) is 6.42 Å². The van der Waals surface area contributed by atoms with Gasteiger partial charge in [-0.05, 0) is 31.0 Å². The molecule has 0 N–H and O–H groups in total. The van der Waals surface area contributed by atoms with Crippen LogP contribution in [0.25, 0.3) is 0 Å². The van der Waals surface area contributed by atoms with Crippen LogP contribution in [0, 0.1) is 5.82 Å². The summed E-state index contributed by atoms with van der Waals surface area (Å²) in [7, 11) is 0. The summed E-state index contributed by atoms with van der Waals surface area (Å²) >= 11 is 0. The summed E-state index contributed by atoms with van der Waals surface area (Å²) in [4.78, 5) is 11.1. The number of halogens is 3. The van der Waals surface area contributed by atoms with Crippen molar-refractivity contribution < 1.29 is 27.4 Å². The number of alkyl halides is 2. The molecule has 0 atom stereocenters. The molecule has 18 heavy (non-hydrogen) atoms. The molecule has 0 fully saturated rings. The van der Waals surface area contributed by atoms with E-state index in [1.165, 1.54) is 6.07 Å². The molecule has 0 saturated carbocycles. The van der Waals surface area contributed by atoms with Crippen LogP contribution < -0.4 is 4.74 Å². The maximum atomic E-state index is 13.1. The van der Waals surface area contributed by atoms with Gasteiger partial charge in [0.25, 0.3) is 0 Å². The zero-order chi connectivity index (χ0) is 13.5. The molecule has 0 radical (unpaired) electrons. The first-order valence-electron chi connectivity index (χ1n) is 5.41. The third kappa shape index (κ3) is 4.65. The summed E-state index contributed by atoms with van der Waals surface area (Å²) in [5.74, 6) is -1.78. The molecule has 100 valence electrons. The average Bonchev–Trinajstić information content (AvgIpc) is 2.30. The predicted octanol–water partition coefficient (Wildman–Crippen LogP) is 2.92. The third-order valence-electron chi connectivity index (χ3n) is 2.13. The highest BCUT2D eigenvalue weighted by Crippen LogP contribution is 2.21. The first-order chi connectivity index (χ1) is 8.52. The van der Waals surface area contributed by atoms with Crippen molar-refractivity contribution >= 4 is 5.97 Å². The SMILES string of the molecule is CCOC(=O)CCc1ccc(F)c(OC(F)F)c1. The fraction of sp³-hybridized carbons (Fsp3) is 0.417. The summed E-state index contributed by atoms with van der Waals surface area (Å²) in [6.45, 7) is -1.12. The van der Waals surface area contributed by atoms with E-state index in [2.05, 4.69) is 4.74 Å². The molecule has 0 bridgehead atoms. The molecule has 0 aromatic heterocycles. The van der Waals surface area contributed by atoms with Crippen molar-refractivity contribution in [3.05, 3.63) is 29.6 Å². The number of ether oxygens (including phenoxy) is 2. The van der Waals surface area contributed by atoms with Gasteiger partial charge in [-0.2, -0.15) is 8.78 Å². The number of benzene rings is 1. The first kappa shape index (κ1) is 14.3. The average molecular weight is 262 g/mol. The monoisotopic (exact) mass is 262 g/mol. The Labute approximate surface area is 103 Å². The molecular formula is C12H13F3O3. The van der Waals surface area contributed by atoms with Crippen molar-refractivity contribution in [2.24, 2.45) is 0 Å². The van der Waals surface area contributed by atoms with E-state index >= 15 is 0 Å². The lowest BCUT2D eigenvalue weighted by atomic mass is 10.1. The smallest absolute Gasteiger partial charge is 0.387 e. The highest BCUT2D eigenvalue weighted by atomic mass is 19.3. The van der Waals surface area contributed by atoms with Crippen LogP contribution in [-0.2, 0) is 16.0 Å². The summed E-state index contributed by atoms with van der Waals surface area (Å²) in [5, 5.41) is 0. The molecule has 0 spiro atoms. The van der Waals surface area contributed by atoms with E-state index in [-0.39, 0.29) is 19.4 Å². The molecule has 0 aliphatic heterocycles. The number of rotatable bonds is 6. The molecule has 3 nitrogen and oxygen atoms in total. The number of hydrogen-bond acceptors (Lipinski definition) is 3. The van der Waals surface area contributed by atoms with Crippen LogP contribution in [0.1, 0.15) is 18.9 Å². The largest absolute Gasteiger partial charge is 0.466 e. The second-order valence-electron chi connectivity index (χ2n) is 3.45. The molecule has 1 aromatic rings. The number of hydrogen-bond donors (Lipinski definition) is 0. The Hall–Kier alpha value is -1.72. The van der Waals surface area contributed by atoms with E-state index in [4.69, 9.17) is 4.74 Å². The maximum absolute atomic E-state index is 13.1. The Kier molecular flexibility index (Phi) is 5.48. The van der Waals surface area contributed by atoms with Crippen molar-refractivity contribution in [2.75, 3.05) is 6.61 Å². The molecule has 0 unspecified atom stereocenters.